The van der Waals surface area contributed by atoms with Gasteiger partial charge in [-0.15, -0.1) is 0 Å². The molecule has 0 rings (SSSR count). The molecule has 0 aromatic heterocycles. The maximum Gasteiger partial charge on any atom is 0.306 e. The van der Waals surface area contributed by atoms with E-state index < -0.39 is 6.10 Å². The highest BCUT2D eigenvalue weighted by atomic mass is 16.6. The fourth-order valence-corrected chi connectivity index (χ4v) is 5.87. The van der Waals surface area contributed by atoms with Crippen LogP contribution < -0.4 is 0 Å². The SMILES string of the molecule is CCCCCCCC(=O)OC[C@H](COC(=O)CCCCCCCCCCCCCC(C)C)OC(=O)CCCCCCCCCC(C)C. The number of hydrogen-bond donors (Lipinski definition) is 0. The zero-order chi connectivity index (χ0) is 34.8. The first kappa shape index (κ1) is 45.4. The van der Waals surface area contributed by atoms with Crippen LogP contribution in [0, 0.1) is 11.8 Å². The van der Waals surface area contributed by atoms with Gasteiger partial charge in [-0.3, -0.25) is 14.4 Å². The van der Waals surface area contributed by atoms with Gasteiger partial charge in [0.05, 0.1) is 0 Å². The second kappa shape index (κ2) is 34.3. The molecular formula is C41H78O6. The molecule has 0 aliphatic heterocycles. The highest BCUT2D eigenvalue weighted by Crippen LogP contribution is 2.16. The monoisotopic (exact) mass is 667 g/mol. The zero-order valence-electron chi connectivity index (χ0n) is 31.9. The third-order valence-electron chi connectivity index (χ3n) is 8.97. The summed E-state index contributed by atoms with van der Waals surface area (Å²) < 4.78 is 16.5. The third kappa shape index (κ3) is 35.5. The molecule has 6 nitrogen and oxygen atoms in total. The summed E-state index contributed by atoms with van der Waals surface area (Å²) in [7, 11) is 0. The van der Waals surface area contributed by atoms with E-state index >= 15 is 0 Å². The van der Waals surface area contributed by atoms with Gasteiger partial charge in [0, 0.05) is 19.3 Å². The molecule has 47 heavy (non-hydrogen) atoms. The van der Waals surface area contributed by atoms with Gasteiger partial charge in [-0.2, -0.15) is 0 Å². The van der Waals surface area contributed by atoms with Crippen LogP contribution in [0.3, 0.4) is 0 Å². The number of unbranched alkanes of at least 4 members (excludes halogenated alkanes) is 20. The summed E-state index contributed by atoms with van der Waals surface area (Å²) in [6.45, 7) is 11.2. The Morgan fingerprint density at radius 2 is 0.702 bits per heavy atom. The molecule has 0 amide bonds. The molecule has 0 aromatic carbocycles. The predicted octanol–water partition coefficient (Wildman–Crippen LogP) is 12.2. The lowest BCUT2D eigenvalue weighted by atomic mass is 10.0. The molecule has 0 unspecified atom stereocenters. The van der Waals surface area contributed by atoms with E-state index in [0.29, 0.717) is 19.3 Å². The van der Waals surface area contributed by atoms with Crippen LogP contribution in [0.4, 0.5) is 0 Å². The van der Waals surface area contributed by atoms with Crippen LogP contribution in [0.5, 0.6) is 0 Å². The smallest absolute Gasteiger partial charge is 0.306 e. The Hall–Kier alpha value is -1.59. The molecule has 0 bridgehead atoms. The maximum atomic E-state index is 12.6. The molecular weight excluding hydrogens is 588 g/mol. The summed E-state index contributed by atoms with van der Waals surface area (Å²) >= 11 is 0. The Balaban J connectivity index is 4.23. The van der Waals surface area contributed by atoms with Gasteiger partial charge in [0.1, 0.15) is 13.2 Å². The van der Waals surface area contributed by atoms with Gasteiger partial charge in [0.2, 0.25) is 0 Å². The maximum absolute atomic E-state index is 12.6. The Labute approximate surface area is 291 Å². The molecule has 0 spiro atoms. The average molecular weight is 667 g/mol. The predicted molar refractivity (Wildman–Crippen MR) is 196 cm³/mol. The van der Waals surface area contributed by atoms with Gasteiger partial charge in [-0.25, -0.2) is 0 Å². The molecule has 0 saturated carbocycles. The second-order valence-corrected chi connectivity index (χ2v) is 14.9. The van der Waals surface area contributed by atoms with Crippen molar-refractivity contribution in [2.45, 2.75) is 221 Å². The molecule has 0 saturated heterocycles. The normalized spacial score (nSPS) is 12.1. The van der Waals surface area contributed by atoms with Gasteiger partial charge in [0.15, 0.2) is 6.10 Å². The van der Waals surface area contributed by atoms with Crippen molar-refractivity contribution in [1.29, 1.82) is 0 Å². The first-order valence-electron chi connectivity index (χ1n) is 20.2. The standard InChI is InChI=1S/C41H78O6/c1-6-7-8-19-26-31-39(42)45-34-38(47-41(44)33-28-23-18-14-16-21-25-30-37(4)5)35-46-40(43)32-27-22-17-13-11-9-10-12-15-20-24-29-36(2)3/h36-38H,6-35H2,1-5H3/t38-/m1/s1. The van der Waals surface area contributed by atoms with Crippen molar-refractivity contribution >= 4 is 17.9 Å². The molecule has 0 N–H and O–H groups in total. The highest BCUT2D eigenvalue weighted by Gasteiger charge is 2.19. The van der Waals surface area contributed by atoms with E-state index in [4.69, 9.17) is 14.2 Å². The minimum Gasteiger partial charge on any atom is -0.462 e. The van der Waals surface area contributed by atoms with Crippen LogP contribution in [0.15, 0.2) is 0 Å². The van der Waals surface area contributed by atoms with Crippen LogP contribution >= 0.6 is 0 Å². The first-order chi connectivity index (χ1) is 22.7. The van der Waals surface area contributed by atoms with Gasteiger partial charge < -0.3 is 14.2 Å². The molecule has 0 fully saturated rings. The van der Waals surface area contributed by atoms with E-state index in [2.05, 4.69) is 34.6 Å². The number of hydrogen-bond acceptors (Lipinski definition) is 6. The summed E-state index contributed by atoms with van der Waals surface area (Å²) in [5.41, 5.74) is 0. The molecule has 0 heterocycles. The van der Waals surface area contributed by atoms with Crippen molar-refractivity contribution in [3.63, 3.8) is 0 Å². The van der Waals surface area contributed by atoms with Crippen molar-refractivity contribution in [1.82, 2.24) is 0 Å². The first-order valence-corrected chi connectivity index (χ1v) is 20.2. The van der Waals surface area contributed by atoms with E-state index in [0.717, 1.165) is 76.0 Å². The Morgan fingerprint density at radius 3 is 1.04 bits per heavy atom. The van der Waals surface area contributed by atoms with E-state index in [9.17, 15) is 14.4 Å². The van der Waals surface area contributed by atoms with Gasteiger partial charge in [0.25, 0.3) is 0 Å². The molecule has 0 aromatic rings. The largest absolute Gasteiger partial charge is 0.462 e. The van der Waals surface area contributed by atoms with Crippen LogP contribution in [-0.2, 0) is 28.6 Å². The van der Waals surface area contributed by atoms with E-state index in [1.807, 2.05) is 0 Å². The minimum absolute atomic E-state index is 0.0673. The lowest BCUT2D eigenvalue weighted by Gasteiger charge is -2.18. The quantitative estimate of drug-likeness (QED) is 0.0380. The van der Waals surface area contributed by atoms with Crippen LogP contribution in [0.25, 0.3) is 0 Å². The Kier molecular flexibility index (Phi) is 33.1. The fraction of sp³-hybridized carbons (Fsp3) is 0.927. The molecule has 0 aliphatic rings. The lowest BCUT2D eigenvalue weighted by Crippen LogP contribution is -2.30. The Bertz CT molecular complexity index is 719. The molecule has 0 aliphatic carbocycles. The number of carbonyl (C=O) groups is 3. The number of esters is 3. The van der Waals surface area contributed by atoms with Crippen molar-refractivity contribution in [2.75, 3.05) is 13.2 Å². The van der Waals surface area contributed by atoms with E-state index in [1.54, 1.807) is 0 Å². The van der Waals surface area contributed by atoms with Gasteiger partial charge in [-0.1, -0.05) is 176 Å². The fourth-order valence-electron chi connectivity index (χ4n) is 5.87. The molecule has 1 atom stereocenters. The van der Waals surface area contributed by atoms with E-state index in [1.165, 1.54) is 96.3 Å². The summed E-state index contributed by atoms with van der Waals surface area (Å²) in [4.78, 5) is 37.3. The summed E-state index contributed by atoms with van der Waals surface area (Å²) in [6.07, 6.45) is 29.8. The van der Waals surface area contributed by atoms with Crippen molar-refractivity contribution in [2.24, 2.45) is 11.8 Å². The second-order valence-electron chi connectivity index (χ2n) is 14.9. The minimum atomic E-state index is -0.758. The summed E-state index contributed by atoms with van der Waals surface area (Å²) in [5, 5.41) is 0. The number of ether oxygens (including phenoxy) is 3. The van der Waals surface area contributed by atoms with Crippen molar-refractivity contribution < 1.29 is 28.6 Å². The molecule has 0 radical (unpaired) electrons. The van der Waals surface area contributed by atoms with Crippen LogP contribution in [-0.4, -0.2) is 37.2 Å². The van der Waals surface area contributed by atoms with Crippen molar-refractivity contribution in [3.8, 4) is 0 Å². The lowest BCUT2D eigenvalue weighted by molar-refractivity contribution is -0.167. The van der Waals surface area contributed by atoms with Gasteiger partial charge in [-0.05, 0) is 31.1 Å². The topological polar surface area (TPSA) is 78.9 Å². The number of carbonyl (C=O) groups excluding carboxylic acids is 3. The number of rotatable bonds is 35. The molecule has 6 heteroatoms. The van der Waals surface area contributed by atoms with Crippen molar-refractivity contribution in [3.05, 3.63) is 0 Å². The zero-order valence-corrected chi connectivity index (χ0v) is 31.9. The summed E-state index contributed by atoms with van der Waals surface area (Å²) in [6, 6.07) is 0. The van der Waals surface area contributed by atoms with Crippen LogP contribution in [0.2, 0.25) is 0 Å². The summed E-state index contributed by atoms with van der Waals surface area (Å²) in [5.74, 6) is 0.724. The molecule has 278 valence electrons. The highest BCUT2D eigenvalue weighted by molar-refractivity contribution is 5.71. The Morgan fingerprint density at radius 1 is 0.404 bits per heavy atom. The van der Waals surface area contributed by atoms with E-state index in [-0.39, 0.29) is 31.1 Å². The van der Waals surface area contributed by atoms with Gasteiger partial charge >= 0.3 is 17.9 Å². The third-order valence-corrected chi connectivity index (χ3v) is 8.97. The average Bonchev–Trinajstić information content (AvgIpc) is 3.03. The van der Waals surface area contributed by atoms with Crippen LogP contribution in [0.1, 0.15) is 214 Å².